The predicted octanol–water partition coefficient (Wildman–Crippen LogP) is 3.84. The second-order valence-corrected chi connectivity index (χ2v) is 6.21. The number of fused-ring (bicyclic) bond motifs is 2. The van der Waals surface area contributed by atoms with Crippen LogP contribution in [-0.4, -0.2) is 53.1 Å². The molecule has 2 aromatic carbocycles. The quantitative estimate of drug-likeness (QED) is 0.734. The average Bonchev–Trinajstić information content (AvgIpc) is 3.13. The zero-order chi connectivity index (χ0) is 21.6. The van der Waals surface area contributed by atoms with Gasteiger partial charge in [0.25, 0.3) is 23.6 Å². The molecular formula is C24H33N3O4. The second kappa shape index (κ2) is 12.4. The smallest absolute Gasteiger partial charge is 0.261 e. The molecule has 0 radical (unpaired) electrons. The van der Waals surface area contributed by atoms with Crippen LogP contribution in [0.25, 0.3) is 0 Å². The van der Waals surface area contributed by atoms with Crippen LogP contribution in [0, 0.1) is 0 Å². The number of benzene rings is 2. The molecule has 2 N–H and O–H groups in total. The van der Waals surface area contributed by atoms with Crippen molar-refractivity contribution in [1.29, 1.82) is 0 Å². The van der Waals surface area contributed by atoms with Gasteiger partial charge in [0.15, 0.2) is 0 Å². The van der Waals surface area contributed by atoms with Crippen molar-refractivity contribution < 1.29 is 19.2 Å². The van der Waals surface area contributed by atoms with Gasteiger partial charge >= 0.3 is 0 Å². The van der Waals surface area contributed by atoms with Crippen molar-refractivity contribution in [3.8, 4) is 0 Å². The lowest BCUT2D eigenvalue weighted by molar-refractivity contribution is 0.0647. The Bertz CT molecular complexity index is 794. The molecule has 0 bridgehead atoms. The first-order chi connectivity index (χ1) is 13.9. The molecule has 2 heterocycles. The Morgan fingerprint density at radius 3 is 0.935 bits per heavy atom. The molecule has 7 nitrogen and oxygen atoms in total. The summed E-state index contributed by atoms with van der Waals surface area (Å²) in [6.45, 7) is 7.11. The highest BCUT2D eigenvalue weighted by molar-refractivity contribution is 6.21. The highest BCUT2D eigenvalue weighted by Gasteiger charge is 2.34. The van der Waals surface area contributed by atoms with E-state index in [2.05, 4.69) is 0 Å². The maximum absolute atomic E-state index is 11.5. The lowest BCUT2D eigenvalue weighted by Gasteiger charge is -2.08. The van der Waals surface area contributed by atoms with Gasteiger partial charge in [0, 0.05) is 13.1 Å². The SMILES string of the molecule is C.C.CCN.CCN1C(=O)c2ccccc2C1=O.CCN1C(=O)c2ccccc2C1=O. The Morgan fingerprint density at radius 2 is 0.774 bits per heavy atom. The van der Waals surface area contributed by atoms with E-state index in [1.54, 1.807) is 62.4 Å². The lowest BCUT2D eigenvalue weighted by Crippen LogP contribution is -2.29. The van der Waals surface area contributed by atoms with E-state index in [-0.39, 0.29) is 38.5 Å². The zero-order valence-corrected chi connectivity index (χ0v) is 16.8. The molecule has 0 fully saturated rings. The summed E-state index contributed by atoms with van der Waals surface area (Å²) in [4.78, 5) is 48.7. The van der Waals surface area contributed by atoms with Crippen LogP contribution in [0.15, 0.2) is 48.5 Å². The Balaban J connectivity index is 0.000000488. The number of rotatable bonds is 2. The monoisotopic (exact) mass is 427 g/mol. The number of hydrogen-bond acceptors (Lipinski definition) is 5. The van der Waals surface area contributed by atoms with Crippen molar-refractivity contribution in [2.24, 2.45) is 5.73 Å². The molecule has 7 heteroatoms. The van der Waals surface area contributed by atoms with Gasteiger partial charge in [-0.3, -0.25) is 29.0 Å². The topological polar surface area (TPSA) is 101 Å². The number of amides is 4. The predicted molar refractivity (Wildman–Crippen MR) is 123 cm³/mol. The molecule has 168 valence electrons. The molecule has 0 saturated heterocycles. The van der Waals surface area contributed by atoms with Crippen molar-refractivity contribution in [2.45, 2.75) is 35.6 Å². The number of nitrogens with zero attached hydrogens (tertiary/aromatic N) is 2. The number of imide groups is 2. The van der Waals surface area contributed by atoms with Crippen molar-refractivity contribution in [3.63, 3.8) is 0 Å². The minimum atomic E-state index is -0.178. The summed E-state index contributed by atoms with van der Waals surface area (Å²) in [6.07, 6.45) is 0. The van der Waals surface area contributed by atoms with Crippen molar-refractivity contribution in [3.05, 3.63) is 70.8 Å². The summed E-state index contributed by atoms with van der Waals surface area (Å²) in [5.41, 5.74) is 6.94. The largest absolute Gasteiger partial charge is 0.331 e. The molecule has 31 heavy (non-hydrogen) atoms. The molecule has 4 amide bonds. The van der Waals surface area contributed by atoms with Gasteiger partial charge in [0.1, 0.15) is 0 Å². The lowest BCUT2D eigenvalue weighted by atomic mass is 10.1. The number of carbonyl (C=O) groups excluding carboxylic acids is 4. The maximum atomic E-state index is 11.5. The third-order valence-electron chi connectivity index (χ3n) is 4.39. The first kappa shape index (κ1) is 27.7. The van der Waals surface area contributed by atoms with Crippen molar-refractivity contribution in [1.82, 2.24) is 9.80 Å². The van der Waals surface area contributed by atoms with E-state index in [0.717, 1.165) is 6.54 Å². The minimum absolute atomic E-state index is 0. The molecule has 2 aliphatic heterocycles. The maximum Gasteiger partial charge on any atom is 0.261 e. The molecular weight excluding hydrogens is 394 g/mol. The van der Waals surface area contributed by atoms with Crippen molar-refractivity contribution in [2.75, 3.05) is 19.6 Å². The summed E-state index contributed by atoms with van der Waals surface area (Å²) < 4.78 is 0. The first-order valence-electron chi connectivity index (χ1n) is 9.53. The summed E-state index contributed by atoms with van der Waals surface area (Å²) in [5.74, 6) is -0.711. The summed E-state index contributed by atoms with van der Waals surface area (Å²) in [7, 11) is 0. The zero-order valence-electron chi connectivity index (χ0n) is 16.8. The average molecular weight is 428 g/mol. The van der Waals surface area contributed by atoms with Gasteiger partial charge in [-0.05, 0) is 44.7 Å². The summed E-state index contributed by atoms with van der Waals surface area (Å²) >= 11 is 0. The Morgan fingerprint density at radius 1 is 0.581 bits per heavy atom. The van der Waals surface area contributed by atoms with Gasteiger partial charge in [-0.15, -0.1) is 0 Å². The highest BCUT2D eigenvalue weighted by Crippen LogP contribution is 2.22. The van der Waals surface area contributed by atoms with E-state index >= 15 is 0 Å². The summed E-state index contributed by atoms with van der Waals surface area (Å²) in [5, 5.41) is 0. The standard InChI is InChI=1S/2C10H9NO2.C2H7N.2CH4/c2*1-2-11-9(12)7-5-3-4-6-8(7)10(11)13;1-2-3;;/h2*3-6H,2H2,1H3;2-3H2,1H3;2*1H4. The Kier molecular flexibility index (Phi) is 11.1. The number of nitrogens with two attached hydrogens (primary N) is 1. The van der Waals surface area contributed by atoms with Gasteiger partial charge in [-0.1, -0.05) is 46.0 Å². The van der Waals surface area contributed by atoms with Crippen LogP contribution < -0.4 is 5.73 Å². The molecule has 0 spiro atoms. The second-order valence-electron chi connectivity index (χ2n) is 6.21. The van der Waals surface area contributed by atoms with E-state index in [0.29, 0.717) is 35.3 Å². The van der Waals surface area contributed by atoms with Gasteiger partial charge in [0.2, 0.25) is 0 Å². The van der Waals surface area contributed by atoms with Crippen LogP contribution >= 0.6 is 0 Å². The third kappa shape index (κ3) is 5.44. The Hall–Kier alpha value is -3.32. The fourth-order valence-electron chi connectivity index (χ4n) is 3.05. The highest BCUT2D eigenvalue weighted by atomic mass is 16.2. The molecule has 4 rings (SSSR count). The molecule has 0 aromatic heterocycles. The molecule has 0 saturated carbocycles. The third-order valence-corrected chi connectivity index (χ3v) is 4.39. The fraction of sp³-hybridized carbons (Fsp3) is 0.333. The fourth-order valence-corrected chi connectivity index (χ4v) is 3.05. The molecule has 0 atom stereocenters. The number of carbonyl (C=O) groups is 4. The van der Waals surface area contributed by atoms with Gasteiger partial charge in [-0.2, -0.15) is 0 Å². The molecule has 0 unspecified atom stereocenters. The van der Waals surface area contributed by atoms with Crippen LogP contribution in [0.5, 0.6) is 0 Å². The van der Waals surface area contributed by atoms with Crippen LogP contribution in [0.4, 0.5) is 0 Å². The van der Waals surface area contributed by atoms with E-state index in [4.69, 9.17) is 5.73 Å². The summed E-state index contributed by atoms with van der Waals surface area (Å²) in [6, 6.07) is 13.8. The molecule has 2 aliphatic rings. The van der Waals surface area contributed by atoms with E-state index in [9.17, 15) is 19.2 Å². The minimum Gasteiger partial charge on any atom is -0.331 e. The van der Waals surface area contributed by atoms with E-state index < -0.39 is 0 Å². The van der Waals surface area contributed by atoms with Gasteiger partial charge < -0.3 is 5.73 Å². The van der Waals surface area contributed by atoms with Crippen LogP contribution in [-0.2, 0) is 0 Å². The van der Waals surface area contributed by atoms with E-state index in [1.807, 2.05) is 6.92 Å². The van der Waals surface area contributed by atoms with Gasteiger partial charge in [-0.25, -0.2) is 0 Å². The first-order valence-corrected chi connectivity index (χ1v) is 9.53. The van der Waals surface area contributed by atoms with Crippen LogP contribution in [0.1, 0.15) is 77.1 Å². The van der Waals surface area contributed by atoms with Crippen LogP contribution in [0.2, 0.25) is 0 Å². The normalized spacial score (nSPS) is 13.2. The Labute approximate surface area is 184 Å². The molecule has 0 aliphatic carbocycles. The van der Waals surface area contributed by atoms with E-state index in [1.165, 1.54) is 9.80 Å². The van der Waals surface area contributed by atoms with Gasteiger partial charge in [0.05, 0.1) is 22.3 Å². The van der Waals surface area contributed by atoms with Crippen molar-refractivity contribution >= 4 is 23.6 Å². The molecule has 2 aromatic rings. The van der Waals surface area contributed by atoms with Crippen LogP contribution in [0.3, 0.4) is 0 Å². The number of hydrogen-bond donors (Lipinski definition) is 1.